The highest BCUT2D eigenvalue weighted by Gasteiger charge is 2.40. The summed E-state index contributed by atoms with van der Waals surface area (Å²) in [6.07, 6.45) is -0.447. The molecule has 0 bridgehead atoms. The molecule has 1 aliphatic carbocycles. The zero-order valence-electron chi connectivity index (χ0n) is 9.70. The summed E-state index contributed by atoms with van der Waals surface area (Å²) in [5.74, 6) is -4.28. The number of aromatic hydroxyl groups is 1. The summed E-state index contributed by atoms with van der Waals surface area (Å²) in [6.45, 7) is 0. The molecule has 1 aliphatic rings. The maximum atomic E-state index is 13.1. The minimum Gasteiger partial charge on any atom is -0.507 e. The first kappa shape index (κ1) is 12.8. The molecule has 0 amide bonds. The summed E-state index contributed by atoms with van der Waals surface area (Å²) in [6, 6.07) is 4.69. The van der Waals surface area contributed by atoms with Crippen LogP contribution >= 0.6 is 0 Å². The van der Waals surface area contributed by atoms with Crippen molar-refractivity contribution in [1.29, 1.82) is 0 Å². The van der Waals surface area contributed by atoms with E-state index in [1.54, 1.807) is 12.1 Å². The molecule has 1 aromatic rings. The van der Waals surface area contributed by atoms with Gasteiger partial charge in [-0.25, -0.2) is 8.78 Å². The third-order valence-corrected chi connectivity index (χ3v) is 3.34. The first-order valence-corrected chi connectivity index (χ1v) is 5.79. The zero-order chi connectivity index (χ0) is 13.3. The van der Waals surface area contributed by atoms with Gasteiger partial charge in [-0.15, -0.1) is 0 Å². The number of rotatable bonds is 3. The molecule has 0 aromatic heterocycles. The van der Waals surface area contributed by atoms with Gasteiger partial charge >= 0.3 is 5.97 Å². The minimum absolute atomic E-state index is 0.150. The third kappa shape index (κ3) is 2.60. The quantitative estimate of drug-likeness (QED) is 0.874. The summed E-state index contributed by atoms with van der Waals surface area (Å²) in [4.78, 5) is 10.6. The maximum absolute atomic E-state index is 13.1. The van der Waals surface area contributed by atoms with Crippen molar-refractivity contribution in [3.63, 3.8) is 0 Å². The van der Waals surface area contributed by atoms with Crippen LogP contribution in [0.3, 0.4) is 0 Å². The Labute approximate surface area is 103 Å². The number of halogens is 2. The Hall–Kier alpha value is -1.65. The molecular formula is C13H14F2O3. The molecule has 1 unspecified atom stereocenters. The number of hydrogen-bond donors (Lipinski definition) is 2. The number of carboxylic acids is 1. The van der Waals surface area contributed by atoms with Crippen LogP contribution in [0, 0.1) is 0 Å². The van der Waals surface area contributed by atoms with Crippen LogP contribution in [0.25, 0.3) is 0 Å². The fourth-order valence-electron chi connectivity index (χ4n) is 2.46. The molecule has 1 atom stereocenters. The Morgan fingerprint density at radius 1 is 1.44 bits per heavy atom. The largest absolute Gasteiger partial charge is 0.507 e. The van der Waals surface area contributed by atoms with Gasteiger partial charge < -0.3 is 10.2 Å². The van der Waals surface area contributed by atoms with Gasteiger partial charge in [0.05, 0.1) is 6.42 Å². The highest BCUT2D eigenvalue weighted by Crippen LogP contribution is 2.46. The molecule has 3 nitrogen and oxygen atoms in total. The van der Waals surface area contributed by atoms with Crippen LogP contribution in [-0.2, 0) is 11.2 Å². The summed E-state index contributed by atoms with van der Waals surface area (Å²) in [5.41, 5.74) is 0.709. The van der Waals surface area contributed by atoms with E-state index in [2.05, 4.69) is 0 Å². The van der Waals surface area contributed by atoms with Crippen molar-refractivity contribution in [2.75, 3.05) is 0 Å². The highest BCUT2D eigenvalue weighted by atomic mass is 19.3. The van der Waals surface area contributed by atoms with Gasteiger partial charge in [0, 0.05) is 18.4 Å². The second-order valence-corrected chi connectivity index (χ2v) is 4.72. The van der Waals surface area contributed by atoms with E-state index < -0.39 is 17.8 Å². The Morgan fingerprint density at radius 3 is 2.72 bits per heavy atom. The van der Waals surface area contributed by atoms with Crippen LogP contribution < -0.4 is 0 Å². The third-order valence-electron chi connectivity index (χ3n) is 3.34. The second-order valence-electron chi connectivity index (χ2n) is 4.72. The molecule has 0 aliphatic heterocycles. The molecule has 0 radical (unpaired) electrons. The van der Waals surface area contributed by atoms with E-state index in [9.17, 15) is 18.7 Å². The lowest BCUT2D eigenvalue weighted by atomic mass is 9.93. The Bertz CT molecular complexity index is 471. The van der Waals surface area contributed by atoms with Gasteiger partial charge in [0.25, 0.3) is 0 Å². The molecule has 98 valence electrons. The second kappa shape index (κ2) is 4.55. The number of carbonyl (C=O) groups is 1. The zero-order valence-corrected chi connectivity index (χ0v) is 9.70. The molecule has 2 N–H and O–H groups in total. The van der Waals surface area contributed by atoms with Gasteiger partial charge in [0.15, 0.2) is 0 Å². The van der Waals surface area contributed by atoms with Crippen LogP contribution in [0.2, 0.25) is 0 Å². The van der Waals surface area contributed by atoms with Crippen molar-refractivity contribution < 1.29 is 23.8 Å². The van der Waals surface area contributed by atoms with Gasteiger partial charge in [0.2, 0.25) is 5.92 Å². The van der Waals surface area contributed by atoms with E-state index in [0.717, 1.165) is 0 Å². The van der Waals surface area contributed by atoms with Crippen molar-refractivity contribution in [1.82, 2.24) is 0 Å². The number of hydrogen-bond acceptors (Lipinski definition) is 2. The SMILES string of the molecule is O=C(O)Cc1cccc(C2CCC(F)(F)C2)c1O. The van der Waals surface area contributed by atoms with Crippen molar-refractivity contribution in [3.05, 3.63) is 29.3 Å². The van der Waals surface area contributed by atoms with E-state index in [0.29, 0.717) is 12.0 Å². The molecule has 2 rings (SSSR count). The van der Waals surface area contributed by atoms with Gasteiger partial charge in [0.1, 0.15) is 5.75 Å². The molecule has 1 aromatic carbocycles. The van der Waals surface area contributed by atoms with E-state index >= 15 is 0 Å². The molecule has 1 saturated carbocycles. The molecule has 0 spiro atoms. The standard InChI is InChI=1S/C13H14F2O3/c14-13(15)5-4-9(7-13)10-3-1-2-8(12(10)18)6-11(16)17/h1-3,9,18H,4-7H2,(H,16,17). The lowest BCUT2D eigenvalue weighted by molar-refractivity contribution is -0.136. The number of phenolic OH excluding ortho intramolecular Hbond substituents is 1. The summed E-state index contributed by atoms with van der Waals surface area (Å²) < 4.78 is 26.3. The topological polar surface area (TPSA) is 57.5 Å². The van der Waals surface area contributed by atoms with Crippen molar-refractivity contribution >= 4 is 5.97 Å². The predicted octanol–water partition coefficient (Wildman–Crippen LogP) is 2.92. The first-order chi connectivity index (χ1) is 8.39. The molecule has 1 fully saturated rings. The molecule has 0 saturated heterocycles. The summed E-state index contributed by atoms with van der Waals surface area (Å²) in [5, 5.41) is 18.7. The average molecular weight is 256 g/mol. The van der Waals surface area contributed by atoms with Crippen molar-refractivity contribution in [2.45, 2.75) is 37.5 Å². The van der Waals surface area contributed by atoms with E-state index in [4.69, 9.17) is 5.11 Å². The summed E-state index contributed by atoms with van der Waals surface area (Å²) >= 11 is 0. The number of para-hydroxylation sites is 1. The van der Waals surface area contributed by atoms with E-state index in [1.807, 2.05) is 0 Å². The van der Waals surface area contributed by atoms with Crippen LogP contribution in [0.5, 0.6) is 5.75 Å². The number of carboxylic acid groups (broad SMARTS) is 1. The smallest absolute Gasteiger partial charge is 0.307 e. The van der Waals surface area contributed by atoms with Crippen LogP contribution in [-0.4, -0.2) is 22.1 Å². The lowest BCUT2D eigenvalue weighted by Gasteiger charge is -2.14. The normalized spacial score (nSPS) is 22.0. The Morgan fingerprint density at radius 2 is 2.17 bits per heavy atom. The van der Waals surface area contributed by atoms with Crippen LogP contribution in [0.15, 0.2) is 18.2 Å². The monoisotopic (exact) mass is 256 g/mol. The van der Waals surface area contributed by atoms with Gasteiger partial charge in [-0.1, -0.05) is 18.2 Å². The number of phenols is 1. The Kier molecular flexibility index (Phi) is 3.24. The van der Waals surface area contributed by atoms with Gasteiger partial charge in [-0.3, -0.25) is 4.79 Å². The number of alkyl halides is 2. The van der Waals surface area contributed by atoms with Gasteiger partial charge in [-0.05, 0) is 17.9 Å². The fraction of sp³-hybridized carbons (Fsp3) is 0.462. The van der Waals surface area contributed by atoms with E-state index in [1.165, 1.54) is 6.07 Å². The lowest BCUT2D eigenvalue weighted by Crippen LogP contribution is -2.09. The van der Waals surface area contributed by atoms with E-state index in [-0.39, 0.29) is 30.6 Å². The van der Waals surface area contributed by atoms with Crippen molar-refractivity contribution in [2.24, 2.45) is 0 Å². The number of aliphatic carboxylic acids is 1. The number of benzene rings is 1. The molecule has 0 heterocycles. The first-order valence-electron chi connectivity index (χ1n) is 5.79. The molecule has 5 heteroatoms. The van der Waals surface area contributed by atoms with Crippen molar-refractivity contribution in [3.8, 4) is 5.75 Å². The minimum atomic E-state index is -2.68. The van der Waals surface area contributed by atoms with Crippen LogP contribution in [0.1, 0.15) is 36.3 Å². The highest BCUT2D eigenvalue weighted by molar-refractivity contribution is 5.71. The Balaban J connectivity index is 2.26. The average Bonchev–Trinajstić information content (AvgIpc) is 2.61. The predicted molar refractivity (Wildman–Crippen MR) is 61.0 cm³/mol. The molecule has 18 heavy (non-hydrogen) atoms. The maximum Gasteiger partial charge on any atom is 0.307 e. The van der Waals surface area contributed by atoms with Gasteiger partial charge in [-0.2, -0.15) is 0 Å². The summed E-state index contributed by atoms with van der Waals surface area (Å²) in [7, 11) is 0. The molecular weight excluding hydrogens is 242 g/mol. The van der Waals surface area contributed by atoms with Crippen LogP contribution in [0.4, 0.5) is 8.78 Å². The fourth-order valence-corrected chi connectivity index (χ4v) is 2.46.